The lowest BCUT2D eigenvalue weighted by Gasteiger charge is -2.10. The van der Waals surface area contributed by atoms with E-state index in [9.17, 15) is 4.39 Å². The molecular weight excluding hydrogens is 225 g/mol. The fourth-order valence-electron chi connectivity index (χ4n) is 1.65. The third-order valence-electron chi connectivity index (χ3n) is 2.60. The van der Waals surface area contributed by atoms with Gasteiger partial charge in [0.15, 0.2) is 0 Å². The average Bonchev–Trinajstić information content (AvgIpc) is 2.23. The highest BCUT2D eigenvalue weighted by molar-refractivity contribution is 6.33. The molecule has 16 heavy (non-hydrogen) atoms. The Morgan fingerprint density at radius 1 is 1.12 bits per heavy atom. The lowest BCUT2D eigenvalue weighted by molar-refractivity contribution is 0.628. The second kappa shape index (κ2) is 4.14. The van der Waals surface area contributed by atoms with E-state index in [-0.39, 0.29) is 5.82 Å². The molecule has 0 radical (unpaired) electrons. The predicted molar refractivity (Wildman–Crippen MR) is 66.0 cm³/mol. The predicted octanol–water partition coefficient (Wildman–Crippen LogP) is 4.04. The van der Waals surface area contributed by atoms with Crippen LogP contribution in [0.15, 0.2) is 36.4 Å². The van der Waals surface area contributed by atoms with Crippen LogP contribution in [0.2, 0.25) is 5.02 Å². The fraction of sp³-hybridized carbons (Fsp3) is 0.0769. The van der Waals surface area contributed by atoms with E-state index in [1.165, 1.54) is 12.1 Å². The molecule has 0 aliphatic carbocycles. The van der Waals surface area contributed by atoms with E-state index >= 15 is 0 Å². The monoisotopic (exact) mass is 235 g/mol. The summed E-state index contributed by atoms with van der Waals surface area (Å²) in [5.41, 5.74) is 9.22. The maximum atomic E-state index is 12.9. The summed E-state index contributed by atoms with van der Waals surface area (Å²) in [6.07, 6.45) is 0. The number of hydrogen-bond donors (Lipinski definition) is 1. The summed E-state index contributed by atoms with van der Waals surface area (Å²) in [5, 5.41) is 0.397. The minimum atomic E-state index is -0.338. The molecule has 0 fully saturated rings. The van der Waals surface area contributed by atoms with Gasteiger partial charge in [-0.1, -0.05) is 23.7 Å². The molecule has 3 heteroatoms. The van der Waals surface area contributed by atoms with Crippen molar-refractivity contribution in [3.05, 3.63) is 52.8 Å². The summed E-state index contributed by atoms with van der Waals surface area (Å²) in [5.74, 6) is -0.338. The molecule has 0 bridgehead atoms. The molecule has 0 spiro atoms. The molecule has 0 aliphatic rings. The molecular formula is C13H11ClFN. The molecule has 0 unspecified atom stereocenters. The van der Waals surface area contributed by atoms with Crippen LogP contribution >= 0.6 is 11.6 Å². The second-order valence-corrected chi connectivity index (χ2v) is 4.05. The number of benzene rings is 2. The summed E-state index contributed by atoms with van der Waals surface area (Å²) >= 11 is 6.01. The molecule has 0 aliphatic heterocycles. The first-order chi connectivity index (χ1) is 7.59. The van der Waals surface area contributed by atoms with E-state index in [2.05, 4.69) is 0 Å². The van der Waals surface area contributed by atoms with E-state index in [1.54, 1.807) is 6.07 Å². The number of nitrogens with two attached hydrogens (primary N) is 1. The van der Waals surface area contributed by atoms with E-state index in [0.29, 0.717) is 10.7 Å². The number of nitrogen functional groups attached to an aromatic ring is 1. The molecule has 0 atom stereocenters. The fourth-order valence-corrected chi connectivity index (χ4v) is 1.92. The zero-order valence-electron chi connectivity index (χ0n) is 8.80. The molecule has 0 saturated heterocycles. The van der Waals surface area contributed by atoms with Crippen LogP contribution in [0.5, 0.6) is 0 Å². The molecule has 2 aromatic carbocycles. The molecule has 0 heterocycles. The molecule has 2 N–H and O–H groups in total. The molecule has 2 rings (SSSR count). The smallest absolute Gasteiger partial charge is 0.124 e. The zero-order chi connectivity index (χ0) is 11.7. The Kier molecular flexibility index (Phi) is 2.84. The Balaban J connectivity index is 2.63. The largest absolute Gasteiger partial charge is 0.398 e. The van der Waals surface area contributed by atoms with Gasteiger partial charge in [0.1, 0.15) is 5.82 Å². The van der Waals surface area contributed by atoms with Crippen LogP contribution < -0.4 is 5.73 Å². The van der Waals surface area contributed by atoms with Crippen LogP contribution in [0.25, 0.3) is 11.1 Å². The highest BCUT2D eigenvalue weighted by atomic mass is 35.5. The second-order valence-electron chi connectivity index (χ2n) is 3.64. The molecule has 2 aromatic rings. The van der Waals surface area contributed by atoms with Gasteiger partial charge in [0.2, 0.25) is 0 Å². The molecule has 0 amide bonds. The lowest BCUT2D eigenvalue weighted by Crippen LogP contribution is -1.92. The van der Waals surface area contributed by atoms with E-state index in [0.717, 1.165) is 16.7 Å². The van der Waals surface area contributed by atoms with Gasteiger partial charge in [-0.2, -0.15) is 0 Å². The standard InChI is InChI=1S/C13H11ClFN/c1-8-10(3-2-4-13(8)16)11-6-5-9(15)7-12(11)14/h2-7H,16H2,1H3. The van der Waals surface area contributed by atoms with E-state index < -0.39 is 0 Å². The number of halogens is 2. The highest BCUT2D eigenvalue weighted by Gasteiger charge is 2.08. The Labute approximate surface area is 98.7 Å². The maximum Gasteiger partial charge on any atom is 0.124 e. The molecule has 0 aromatic heterocycles. The molecule has 82 valence electrons. The Morgan fingerprint density at radius 3 is 2.56 bits per heavy atom. The quantitative estimate of drug-likeness (QED) is 0.742. The topological polar surface area (TPSA) is 26.0 Å². The van der Waals surface area contributed by atoms with Crippen molar-refractivity contribution in [2.24, 2.45) is 0 Å². The summed E-state index contributed by atoms with van der Waals surface area (Å²) in [7, 11) is 0. The van der Waals surface area contributed by atoms with E-state index in [4.69, 9.17) is 17.3 Å². The summed E-state index contributed by atoms with van der Waals surface area (Å²) in [6, 6.07) is 9.97. The number of anilines is 1. The van der Waals surface area contributed by atoms with Crippen LogP contribution in [0.3, 0.4) is 0 Å². The van der Waals surface area contributed by atoms with Gasteiger partial charge in [0.25, 0.3) is 0 Å². The van der Waals surface area contributed by atoms with Crippen molar-refractivity contribution in [3.63, 3.8) is 0 Å². The third-order valence-corrected chi connectivity index (χ3v) is 2.91. The minimum Gasteiger partial charge on any atom is -0.398 e. The Bertz CT molecular complexity index is 537. The Morgan fingerprint density at radius 2 is 1.88 bits per heavy atom. The van der Waals surface area contributed by atoms with Crippen molar-refractivity contribution in [1.29, 1.82) is 0 Å². The normalized spacial score (nSPS) is 10.4. The van der Waals surface area contributed by atoms with Gasteiger partial charge < -0.3 is 5.73 Å². The van der Waals surface area contributed by atoms with Crippen LogP contribution in [0, 0.1) is 12.7 Å². The molecule has 1 nitrogen and oxygen atoms in total. The van der Waals surface area contributed by atoms with Crippen molar-refractivity contribution in [2.75, 3.05) is 5.73 Å². The SMILES string of the molecule is Cc1c(N)cccc1-c1ccc(F)cc1Cl. The van der Waals surface area contributed by atoms with Crippen LogP contribution in [-0.2, 0) is 0 Å². The van der Waals surface area contributed by atoms with Crippen LogP contribution in [0.4, 0.5) is 10.1 Å². The van der Waals surface area contributed by atoms with Crippen molar-refractivity contribution in [3.8, 4) is 11.1 Å². The first-order valence-corrected chi connectivity index (χ1v) is 5.28. The third kappa shape index (κ3) is 1.89. The van der Waals surface area contributed by atoms with Crippen molar-refractivity contribution >= 4 is 17.3 Å². The number of rotatable bonds is 1. The van der Waals surface area contributed by atoms with Crippen LogP contribution in [0.1, 0.15) is 5.56 Å². The lowest BCUT2D eigenvalue weighted by atomic mass is 9.99. The van der Waals surface area contributed by atoms with Gasteiger partial charge in [0.05, 0.1) is 5.02 Å². The maximum absolute atomic E-state index is 12.9. The first-order valence-electron chi connectivity index (χ1n) is 4.90. The van der Waals surface area contributed by atoms with Crippen molar-refractivity contribution in [1.82, 2.24) is 0 Å². The van der Waals surface area contributed by atoms with Gasteiger partial charge in [-0.15, -0.1) is 0 Å². The summed E-state index contributed by atoms with van der Waals surface area (Å²) in [6.45, 7) is 1.92. The van der Waals surface area contributed by atoms with Gasteiger partial charge >= 0.3 is 0 Å². The Hall–Kier alpha value is -1.54. The molecule has 0 saturated carbocycles. The van der Waals surface area contributed by atoms with Gasteiger partial charge in [-0.3, -0.25) is 0 Å². The number of hydrogen-bond acceptors (Lipinski definition) is 1. The zero-order valence-corrected chi connectivity index (χ0v) is 9.55. The van der Waals surface area contributed by atoms with Gasteiger partial charge in [-0.05, 0) is 42.3 Å². The van der Waals surface area contributed by atoms with E-state index in [1.807, 2.05) is 25.1 Å². The average molecular weight is 236 g/mol. The first kappa shape index (κ1) is 11.0. The minimum absolute atomic E-state index is 0.338. The highest BCUT2D eigenvalue weighted by Crippen LogP contribution is 2.32. The summed E-state index contributed by atoms with van der Waals surface area (Å²) < 4.78 is 12.9. The van der Waals surface area contributed by atoms with Crippen molar-refractivity contribution in [2.45, 2.75) is 6.92 Å². The van der Waals surface area contributed by atoms with Crippen molar-refractivity contribution < 1.29 is 4.39 Å². The summed E-state index contributed by atoms with van der Waals surface area (Å²) in [4.78, 5) is 0. The van der Waals surface area contributed by atoms with Gasteiger partial charge in [-0.25, -0.2) is 4.39 Å². The van der Waals surface area contributed by atoms with Crippen LogP contribution in [-0.4, -0.2) is 0 Å². The van der Waals surface area contributed by atoms with Gasteiger partial charge in [0, 0.05) is 11.3 Å².